The second-order valence-corrected chi connectivity index (χ2v) is 8.63. The van der Waals surface area contributed by atoms with E-state index in [1.165, 1.54) is 0 Å². The number of aliphatic imine (C=N–C) groups is 1. The fourth-order valence-corrected chi connectivity index (χ4v) is 3.19. The van der Waals surface area contributed by atoms with Crippen molar-refractivity contribution in [3.63, 3.8) is 0 Å². The van der Waals surface area contributed by atoms with Crippen LogP contribution in [0.2, 0.25) is 0 Å². The molecule has 0 aromatic carbocycles. The zero-order chi connectivity index (χ0) is 22.9. The molecule has 1 aliphatic heterocycles. The zero-order valence-electron chi connectivity index (χ0n) is 19.8. The van der Waals surface area contributed by atoms with Gasteiger partial charge in [-0.1, -0.05) is 6.07 Å². The molecule has 2 N–H and O–H groups in total. The summed E-state index contributed by atoms with van der Waals surface area (Å²) in [4.78, 5) is 37.1. The lowest BCUT2D eigenvalue weighted by molar-refractivity contribution is -0.128. The van der Waals surface area contributed by atoms with Crippen LogP contribution in [0.15, 0.2) is 29.4 Å². The van der Waals surface area contributed by atoms with Crippen molar-refractivity contribution >= 4 is 41.9 Å². The molecule has 0 aliphatic carbocycles. The number of carbonyl (C=O) groups is 2. The Kier molecular flexibility index (Phi) is 11.7. The molecule has 1 saturated heterocycles. The molecule has 1 fully saturated rings. The third-order valence-corrected chi connectivity index (χ3v) is 4.76. The Morgan fingerprint density at radius 1 is 1.34 bits per heavy atom. The number of hydrogen-bond acceptors (Lipinski definition) is 5. The van der Waals surface area contributed by atoms with Crippen LogP contribution in [0, 0.1) is 0 Å². The second-order valence-electron chi connectivity index (χ2n) is 8.63. The van der Waals surface area contributed by atoms with E-state index in [1.807, 2.05) is 45.9 Å². The van der Waals surface area contributed by atoms with Gasteiger partial charge in [-0.2, -0.15) is 0 Å². The lowest BCUT2D eigenvalue weighted by Crippen LogP contribution is -2.44. The summed E-state index contributed by atoms with van der Waals surface area (Å²) in [5.74, 6) is 0.636. The molecule has 2 rings (SSSR count). The summed E-state index contributed by atoms with van der Waals surface area (Å²) in [6.07, 6.45) is 2.84. The van der Waals surface area contributed by atoms with Crippen molar-refractivity contribution in [2.75, 3.05) is 39.8 Å². The molecule has 1 atom stereocenters. The van der Waals surface area contributed by atoms with Crippen LogP contribution in [-0.4, -0.2) is 84.2 Å². The fourth-order valence-electron chi connectivity index (χ4n) is 3.19. The summed E-state index contributed by atoms with van der Waals surface area (Å²) in [7, 11) is 1.78. The molecule has 32 heavy (non-hydrogen) atoms. The maximum atomic E-state index is 12.5. The van der Waals surface area contributed by atoms with Gasteiger partial charge >= 0.3 is 6.09 Å². The predicted octanol–water partition coefficient (Wildman–Crippen LogP) is 2.27. The van der Waals surface area contributed by atoms with Gasteiger partial charge in [0, 0.05) is 51.5 Å². The van der Waals surface area contributed by atoms with Crippen LogP contribution in [0.5, 0.6) is 0 Å². The summed E-state index contributed by atoms with van der Waals surface area (Å²) >= 11 is 0. The van der Waals surface area contributed by atoms with Crippen LogP contribution < -0.4 is 10.6 Å². The maximum Gasteiger partial charge on any atom is 0.407 e. The molecule has 0 radical (unpaired) electrons. The number of likely N-dealkylation sites (N-methyl/N-ethyl adjacent to an activating group) is 1. The summed E-state index contributed by atoms with van der Waals surface area (Å²) in [6.45, 7) is 10.2. The molecule has 0 spiro atoms. The number of amides is 2. The number of carbonyl (C=O) groups excluding carboxylic acids is 2. The fraction of sp³-hybridized carbons (Fsp3) is 0.636. The Bertz CT molecular complexity index is 754. The molecule has 0 saturated carbocycles. The minimum Gasteiger partial charge on any atom is -0.444 e. The van der Waals surface area contributed by atoms with Gasteiger partial charge in [0.25, 0.3) is 0 Å². The van der Waals surface area contributed by atoms with E-state index >= 15 is 0 Å². The molecule has 180 valence electrons. The van der Waals surface area contributed by atoms with Gasteiger partial charge in [0.1, 0.15) is 12.1 Å². The Balaban J connectivity index is 0.00000512. The van der Waals surface area contributed by atoms with Crippen molar-refractivity contribution in [3.05, 3.63) is 30.1 Å². The number of ether oxygens (including phenoxy) is 1. The molecule has 2 amide bonds. The van der Waals surface area contributed by atoms with Crippen molar-refractivity contribution in [1.82, 2.24) is 25.4 Å². The number of aromatic nitrogens is 1. The number of guanidine groups is 1. The first kappa shape index (κ1) is 27.9. The number of halogens is 1. The standard InChI is InChI=1S/C22H36N6O3.HI/c1-6-23-20(28-14-11-18(16-28)26-21(30)31-22(2,3)4)25-15-19(29)27(5)13-10-17-9-7-8-12-24-17;/h7-9,12,18H,6,10-11,13-16H2,1-5H3,(H,23,25)(H,26,30);1H. The quantitative estimate of drug-likeness (QED) is 0.302. The number of nitrogens with one attached hydrogen (secondary N) is 2. The average Bonchev–Trinajstić information content (AvgIpc) is 3.16. The van der Waals surface area contributed by atoms with E-state index < -0.39 is 11.7 Å². The van der Waals surface area contributed by atoms with Gasteiger partial charge in [0.2, 0.25) is 5.91 Å². The highest BCUT2D eigenvalue weighted by Crippen LogP contribution is 2.12. The number of hydrogen-bond donors (Lipinski definition) is 2. The lowest BCUT2D eigenvalue weighted by atomic mass is 10.2. The van der Waals surface area contributed by atoms with Gasteiger partial charge in [-0.3, -0.25) is 9.78 Å². The Morgan fingerprint density at radius 2 is 2.09 bits per heavy atom. The SMILES string of the molecule is CCNC(=NCC(=O)N(C)CCc1ccccn1)N1CCC(NC(=O)OC(C)(C)C)C1.I. The molecular formula is C22H37IN6O3. The second kappa shape index (κ2) is 13.4. The summed E-state index contributed by atoms with van der Waals surface area (Å²) < 4.78 is 5.33. The molecule has 0 bridgehead atoms. The highest BCUT2D eigenvalue weighted by atomic mass is 127. The largest absolute Gasteiger partial charge is 0.444 e. The Hall–Kier alpha value is -2.11. The molecule has 10 heteroatoms. The summed E-state index contributed by atoms with van der Waals surface area (Å²) in [5.41, 5.74) is 0.432. The number of nitrogens with zero attached hydrogens (tertiary/aromatic N) is 4. The van der Waals surface area contributed by atoms with Crippen molar-refractivity contribution < 1.29 is 14.3 Å². The van der Waals surface area contributed by atoms with Gasteiger partial charge in [-0.05, 0) is 46.2 Å². The first-order valence-electron chi connectivity index (χ1n) is 10.8. The minimum absolute atomic E-state index is 0. The maximum absolute atomic E-state index is 12.5. The van der Waals surface area contributed by atoms with Gasteiger partial charge in [-0.15, -0.1) is 24.0 Å². The van der Waals surface area contributed by atoms with E-state index in [0.29, 0.717) is 32.0 Å². The number of alkyl carbamates (subject to hydrolysis) is 1. The van der Waals surface area contributed by atoms with Crippen LogP contribution >= 0.6 is 24.0 Å². The van der Waals surface area contributed by atoms with E-state index in [-0.39, 0.29) is 42.5 Å². The normalized spacial score (nSPS) is 16.2. The van der Waals surface area contributed by atoms with Crippen LogP contribution in [-0.2, 0) is 16.0 Å². The van der Waals surface area contributed by atoms with E-state index in [4.69, 9.17) is 4.74 Å². The lowest BCUT2D eigenvalue weighted by Gasteiger charge is -2.23. The average molecular weight is 560 g/mol. The molecule has 1 unspecified atom stereocenters. The van der Waals surface area contributed by atoms with Crippen molar-refractivity contribution in [3.8, 4) is 0 Å². The third kappa shape index (κ3) is 10.0. The van der Waals surface area contributed by atoms with Crippen LogP contribution in [0.25, 0.3) is 0 Å². The predicted molar refractivity (Wildman–Crippen MR) is 136 cm³/mol. The molecule has 1 aliphatic rings. The van der Waals surface area contributed by atoms with Gasteiger partial charge in [0.05, 0.1) is 6.04 Å². The monoisotopic (exact) mass is 560 g/mol. The van der Waals surface area contributed by atoms with Crippen LogP contribution in [0.3, 0.4) is 0 Å². The smallest absolute Gasteiger partial charge is 0.407 e. The van der Waals surface area contributed by atoms with Crippen molar-refractivity contribution in [1.29, 1.82) is 0 Å². The van der Waals surface area contributed by atoms with Gasteiger partial charge in [-0.25, -0.2) is 9.79 Å². The van der Waals surface area contributed by atoms with Crippen LogP contribution in [0.1, 0.15) is 39.8 Å². The minimum atomic E-state index is -0.526. The topological polar surface area (TPSA) is 99.2 Å². The first-order valence-corrected chi connectivity index (χ1v) is 10.8. The van der Waals surface area contributed by atoms with E-state index in [1.54, 1.807) is 18.1 Å². The van der Waals surface area contributed by atoms with Crippen molar-refractivity contribution in [2.24, 2.45) is 4.99 Å². The van der Waals surface area contributed by atoms with E-state index in [0.717, 1.165) is 18.7 Å². The number of pyridine rings is 1. The molecule has 1 aromatic rings. The first-order chi connectivity index (χ1) is 14.7. The molecule has 2 heterocycles. The summed E-state index contributed by atoms with van der Waals surface area (Å²) in [5, 5.41) is 6.15. The Morgan fingerprint density at radius 3 is 2.72 bits per heavy atom. The number of likely N-dealkylation sites (tertiary alicyclic amines) is 1. The van der Waals surface area contributed by atoms with E-state index in [9.17, 15) is 9.59 Å². The van der Waals surface area contributed by atoms with E-state index in [2.05, 4.69) is 25.5 Å². The van der Waals surface area contributed by atoms with Gasteiger partial charge in [0.15, 0.2) is 5.96 Å². The highest BCUT2D eigenvalue weighted by Gasteiger charge is 2.28. The molecule has 1 aromatic heterocycles. The molecular weight excluding hydrogens is 523 g/mol. The van der Waals surface area contributed by atoms with Crippen molar-refractivity contribution in [2.45, 2.75) is 52.2 Å². The highest BCUT2D eigenvalue weighted by molar-refractivity contribution is 14.0. The van der Waals surface area contributed by atoms with Gasteiger partial charge < -0.3 is 25.2 Å². The molecule has 9 nitrogen and oxygen atoms in total. The number of rotatable bonds is 7. The Labute approximate surface area is 208 Å². The third-order valence-electron chi connectivity index (χ3n) is 4.76. The van der Waals surface area contributed by atoms with Crippen LogP contribution in [0.4, 0.5) is 4.79 Å². The zero-order valence-corrected chi connectivity index (χ0v) is 22.1. The summed E-state index contributed by atoms with van der Waals surface area (Å²) in [6, 6.07) is 5.75.